The highest BCUT2D eigenvalue weighted by atomic mass is 35.5. The first-order valence-electron chi connectivity index (χ1n) is 13.4. The quantitative estimate of drug-likeness (QED) is 0.131. The molecule has 7 nitrogen and oxygen atoms in total. The van der Waals surface area contributed by atoms with E-state index < -0.39 is 17.8 Å². The number of carbonyl (C=O) groups excluding carboxylic acids is 3. The Hall–Kier alpha value is -4.62. The number of unbranched alkanes of at least 4 members (excludes halogenated alkanes) is 1. The second-order valence-electron chi connectivity index (χ2n) is 9.71. The van der Waals surface area contributed by atoms with Crippen LogP contribution in [0.2, 0.25) is 5.02 Å². The molecule has 0 bridgehead atoms. The van der Waals surface area contributed by atoms with Crippen molar-refractivity contribution in [2.45, 2.75) is 33.3 Å². The predicted octanol–water partition coefficient (Wildman–Crippen LogP) is 7.23. The monoisotopic (exact) mass is 568 g/mol. The van der Waals surface area contributed by atoms with Gasteiger partial charge in [0.1, 0.15) is 23.7 Å². The van der Waals surface area contributed by atoms with E-state index in [4.69, 9.17) is 21.1 Å². The topological polar surface area (TPSA) is 84.9 Å². The number of hydrogen-bond donors (Lipinski definition) is 1. The van der Waals surface area contributed by atoms with Gasteiger partial charge in [-0.25, -0.2) is 9.69 Å². The minimum absolute atomic E-state index is 0.221. The summed E-state index contributed by atoms with van der Waals surface area (Å²) in [6, 6.07) is 22.9. The molecule has 0 atom stereocenters. The number of imide groups is 2. The number of fused-ring (bicyclic) bond motifs is 1. The van der Waals surface area contributed by atoms with Crippen LogP contribution in [0.15, 0.2) is 84.4 Å². The highest BCUT2D eigenvalue weighted by Crippen LogP contribution is 2.30. The Morgan fingerprint density at radius 1 is 0.927 bits per heavy atom. The van der Waals surface area contributed by atoms with E-state index in [1.165, 1.54) is 6.08 Å². The van der Waals surface area contributed by atoms with Gasteiger partial charge in [0, 0.05) is 16.1 Å². The molecule has 0 aliphatic carbocycles. The Labute approximate surface area is 243 Å². The molecule has 5 rings (SSSR count). The molecule has 1 heterocycles. The van der Waals surface area contributed by atoms with Crippen molar-refractivity contribution in [2.75, 3.05) is 11.5 Å². The average Bonchev–Trinajstić information content (AvgIpc) is 2.96. The third-order valence-electron chi connectivity index (χ3n) is 6.88. The van der Waals surface area contributed by atoms with Gasteiger partial charge in [-0.1, -0.05) is 61.3 Å². The van der Waals surface area contributed by atoms with Crippen LogP contribution in [0.5, 0.6) is 11.5 Å². The summed E-state index contributed by atoms with van der Waals surface area (Å²) in [6.45, 7) is 4.94. The maximum atomic E-state index is 13.5. The molecule has 1 fully saturated rings. The van der Waals surface area contributed by atoms with Gasteiger partial charge in [-0.2, -0.15) is 0 Å². The summed E-state index contributed by atoms with van der Waals surface area (Å²) in [7, 11) is 0. The summed E-state index contributed by atoms with van der Waals surface area (Å²) in [5.74, 6) is -0.492. The fourth-order valence-corrected chi connectivity index (χ4v) is 4.80. The van der Waals surface area contributed by atoms with Crippen LogP contribution in [-0.2, 0) is 16.2 Å². The van der Waals surface area contributed by atoms with Gasteiger partial charge < -0.3 is 9.47 Å². The van der Waals surface area contributed by atoms with E-state index in [9.17, 15) is 14.4 Å². The maximum Gasteiger partial charge on any atom is 0.335 e. The van der Waals surface area contributed by atoms with E-state index in [0.29, 0.717) is 34.4 Å². The molecule has 1 N–H and O–H groups in total. The lowest BCUT2D eigenvalue weighted by Crippen LogP contribution is -2.54. The number of barbiturate groups is 1. The summed E-state index contributed by atoms with van der Waals surface area (Å²) in [5.41, 5.74) is 2.63. The molecule has 4 amide bonds. The third-order valence-corrected chi connectivity index (χ3v) is 7.12. The first-order valence-corrected chi connectivity index (χ1v) is 13.8. The Morgan fingerprint density at radius 2 is 1.71 bits per heavy atom. The standard InChI is InChI=1S/C33H29ClN2O5/c1-3-4-17-40-26-14-12-25(13-15-26)36-32(38)28(31(37)35-33(36)39)19-23-18-24(34)11-16-30(23)41-20-29-21(2)9-10-22-7-5-6-8-27(22)29/h5-16,18-19H,3-4,17,20H2,1-2H3,(H,35,37,39)/b28-19-. The number of amides is 4. The molecule has 41 heavy (non-hydrogen) atoms. The van der Waals surface area contributed by atoms with E-state index in [1.807, 2.05) is 37.3 Å². The predicted molar refractivity (Wildman–Crippen MR) is 160 cm³/mol. The number of urea groups is 1. The number of ether oxygens (including phenoxy) is 2. The average molecular weight is 569 g/mol. The van der Waals surface area contributed by atoms with Gasteiger partial charge in [-0.15, -0.1) is 0 Å². The molecule has 0 saturated carbocycles. The lowest BCUT2D eigenvalue weighted by molar-refractivity contribution is -0.122. The second kappa shape index (κ2) is 12.3. The minimum Gasteiger partial charge on any atom is -0.494 e. The number of nitrogens with one attached hydrogen (secondary N) is 1. The summed E-state index contributed by atoms with van der Waals surface area (Å²) in [4.78, 5) is 39.9. The van der Waals surface area contributed by atoms with Gasteiger partial charge in [-0.3, -0.25) is 14.9 Å². The highest BCUT2D eigenvalue weighted by molar-refractivity contribution is 6.39. The first kappa shape index (κ1) is 27.9. The van der Waals surface area contributed by atoms with Crippen molar-refractivity contribution in [2.24, 2.45) is 0 Å². The van der Waals surface area contributed by atoms with Crippen LogP contribution in [0.25, 0.3) is 16.8 Å². The van der Waals surface area contributed by atoms with E-state index in [-0.39, 0.29) is 12.2 Å². The maximum absolute atomic E-state index is 13.5. The van der Waals surface area contributed by atoms with Crippen LogP contribution < -0.4 is 19.7 Å². The highest BCUT2D eigenvalue weighted by Gasteiger charge is 2.37. The Morgan fingerprint density at radius 3 is 2.49 bits per heavy atom. The fraction of sp³-hybridized carbons (Fsp3) is 0.182. The van der Waals surface area contributed by atoms with Crippen LogP contribution in [0.1, 0.15) is 36.5 Å². The fourth-order valence-electron chi connectivity index (χ4n) is 4.62. The molecule has 0 spiro atoms. The van der Waals surface area contributed by atoms with Gasteiger partial charge >= 0.3 is 6.03 Å². The molecular formula is C33H29ClN2O5. The third kappa shape index (κ3) is 6.10. The molecule has 1 saturated heterocycles. The van der Waals surface area contributed by atoms with Crippen molar-refractivity contribution < 1.29 is 23.9 Å². The van der Waals surface area contributed by atoms with E-state index >= 15 is 0 Å². The number of nitrogens with zero attached hydrogens (tertiary/aromatic N) is 1. The van der Waals surface area contributed by atoms with Crippen molar-refractivity contribution >= 4 is 52.0 Å². The number of anilines is 1. The zero-order chi connectivity index (χ0) is 28.9. The molecule has 4 aromatic carbocycles. The number of carbonyl (C=O) groups is 3. The number of halogens is 1. The SMILES string of the molecule is CCCCOc1ccc(N2C(=O)NC(=O)/C(=C/c3cc(Cl)ccc3OCc3c(C)ccc4ccccc34)C2=O)cc1. The molecule has 0 radical (unpaired) electrons. The van der Waals surface area contributed by atoms with Crippen LogP contribution in [-0.4, -0.2) is 24.5 Å². The van der Waals surface area contributed by atoms with Gasteiger partial charge in [0.2, 0.25) is 0 Å². The zero-order valence-electron chi connectivity index (χ0n) is 22.8. The molecule has 1 aliphatic rings. The van der Waals surface area contributed by atoms with Crippen LogP contribution in [0.3, 0.4) is 0 Å². The normalized spacial score (nSPS) is 14.5. The van der Waals surface area contributed by atoms with Crippen molar-refractivity contribution in [1.29, 1.82) is 0 Å². The Kier molecular flexibility index (Phi) is 8.36. The molecule has 0 aromatic heterocycles. The molecule has 208 valence electrons. The lowest BCUT2D eigenvalue weighted by Gasteiger charge is -2.26. The molecule has 4 aromatic rings. The smallest absolute Gasteiger partial charge is 0.335 e. The Balaban J connectivity index is 1.43. The second-order valence-corrected chi connectivity index (χ2v) is 10.1. The van der Waals surface area contributed by atoms with Crippen molar-refractivity contribution in [3.8, 4) is 11.5 Å². The Bertz CT molecular complexity index is 1660. The summed E-state index contributed by atoms with van der Waals surface area (Å²) in [6.07, 6.45) is 3.32. The minimum atomic E-state index is -0.828. The number of hydrogen-bond acceptors (Lipinski definition) is 5. The van der Waals surface area contributed by atoms with Crippen molar-refractivity contribution in [1.82, 2.24) is 5.32 Å². The number of aryl methyl sites for hydroxylation is 1. The van der Waals surface area contributed by atoms with Crippen LogP contribution >= 0.6 is 11.6 Å². The van der Waals surface area contributed by atoms with Crippen LogP contribution in [0, 0.1) is 6.92 Å². The molecular weight excluding hydrogens is 540 g/mol. The molecule has 0 unspecified atom stereocenters. The van der Waals surface area contributed by atoms with Gasteiger partial charge in [0.15, 0.2) is 0 Å². The summed E-state index contributed by atoms with van der Waals surface area (Å²) in [5, 5.41) is 4.85. The van der Waals surface area contributed by atoms with Gasteiger partial charge in [0.05, 0.1) is 12.3 Å². The summed E-state index contributed by atoms with van der Waals surface area (Å²) < 4.78 is 11.9. The van der Waals surface area contributed by atoms with Gasteiger partial charge in [0.25, 0.3) is 11.8 Å². The van der Waals surface area contributed by atoms with E-state index in [0.717, 1.165) is 39.6 Å². The largest absolute Gasteiger partial charge is 0.494 e. The number of benzene rings is 4. The first-order chi connectivity index (χ1) is 19.9. The van der Waals surface area contributed by atoms with E-state index in [2.05, 4.69) is 18.3 Å². The summed E-state index contributed by atoms with van der Waals surface area (Å²) >= 11 is 6.29. The molecule has 1 aliphatic heterocycles. The van der Waals surface area contributed by atoms with E-state index in [1.54, 1.807) is 42.5 Å². The lowest BCUT2D eigenvalue weighted by atomic mass is 10.0. The van der Waals surface area contributed by atoms with Crippen molar-refractivity contribution in [3.63, 3.8) is 0 Å². The van der Waals surface area contributed by atoms with Crippen molar-refractivity contribution in [3.05, 3.63) is 106 Å². The zero-order valence-corrected chi connectivity index (χ0v) is 23.5. The molecule has 8 heteroatoms. The van der Waals surface area contributed by atoms with Crippen LogP contribution in [0.4, 0.5) is 10.5 Å². The van der Waals surface area contributed by atoms with Gasteiger partial charge in [-0.05, 0) is 78.2 Å². The number of rotatable bonds is 9.